The lowest BCUT2D eigenvalue weighted by Crippen LogP contribution is -1.98. The predicted octanol–water partition coefficient (Wildman–Crippen LogP) is 2.47. The first-order valence-corrected chi connectivity index (χ1v) is 6.32. The lowest BCUT2D eigenvalue weighted by Gasteiger charge is -2.02. The van der Waals surface area contributed by atoms with E-state index in [1.807, 2.05) is 30.3 Å². The number of carbonyl (C=O) groups is 2. The number of rotatable bonds is 6. The minimum Gasteiger partial charge on any atom is -0.497 e. The van der Waals surface area contributed by atoms with Gasteiger partial charge in [-0.3, -0.25) is 9.59 Å². The van der Waals surface area contributed by atoms with Crippen LogP contribution in [0.15, 0.2) is 36.4 Å². The molecule has 2 aromatic rings. The fourth-order valence-electron chi connectivity index (χ4n) is 1.62. The Bertz CT molecular complexity index is 580. The molecule has 0 aliphatic carbocycles. The van der Waals surface area contributed by atoms with Gasteiger partial charge in [0.25, 0.3) is 6.47 Å². The molecule has 0 aromatic heterocycles. The van der Waals surface area contributed by atoms with Gasteiger partial charge in [0.1, 0.15) is 18.6 Å². The van der Waals surface area contributed by atoms with Gasteiger partial charge in [-0.25, -0.2) is 0 Å². The molecule has 0 saturated carbocycles. The van der Waals surface area contributed by atoms with Crippen LogP contribution < -0.4 is 4.74 Å². The van der Waals surface area contributed by atoms with Crippen molar-refractivity contribution in [1.29, 1.82) is 0 Å². The third-order valence-corrected chi connectivity index (χ3v) is 2.68. The molecule has 5 nitrogen and oxygen atoms in total. The summed E-state index contributed by atoms with van der Waals surface area (Å²) in [4.78, 5) is 20.0. The summed E-state index contributed by atoms with van der Waals surface area (Å²) in [6.07, 6.45) is 0.851. The Morgan fingerprint density at radius 3 is 2.29 bits per heavy atom. The van der Waals surface area contributed by atoms with Gasteiger partial charge in [0.05, 0.1) is 13.7 Å². The maximum atomic E-state index is 10.5. The average molecular weight is 290 g/mol. The van der Waals surface area contributed by atoms with Crippen LogP contribution >= 0.6 is 0 Å². The molecule has 2 aromatic carbocycles. The van der Waals surface area contributed by atoms with Gasteiger partial charge in [-0.05, 0) is 29.0 Å². The molecule has 0 N–H and O–H groups in total. The van der Waals surface area contributed by atoms with E-state index < -0.39 is 0 Å². The number of methoxy groups -OCH3 is 2. The lowest BCUT2D eigenvalue weighted by molar-refractivity contribution is -0.129. The Morgan fingerprint density at radius 1 is 0.952 bits per heavy atom. The molecule has 0 amide bonds. The highest BCUT2D eigenvalue weighted by atomic mass is 16.5. The molecule has 0 spiro atoms. The van der Waals surface area contributed by atoms with E-state index in [4.69, 9.17) is 4.74 Å². The molecule has 5 heteroatoms. The summed E-state index contributed by atoms with van der Waals surface area (Å²) in [6.45, 7) is 1.22. The van der Waals surface area contributed by atoms with Gasteiger partial charge in [0.2, 0.25) is 0 Å². The van der Waals surface area contributed by atoms with Crippen LogP contribution in [0.5, 0.6) is 5.75 Å². The second-order valence-electron chi connectivity index (χ2n) is 4.05. The van der Waals surface area contributed by atoms with Crippen molar-refractivity contribution in [3.8, 4) is 5.75 Å². The zero-order valence-electron chi connectivity index (χ0n) is 12.1. The average Bonchev–Trinajstić information content (AvgIpc) is 2.55. The Morgan fingerprint density at radius 2 is 1.67 bits per heavy atom. The molecule has 0 fully saturated rings. The van der Waals surface area contributed by atoms with Gasteiger partial charge in [0.15, 0.2) is 0 Å². The molecule has 0 bridgehead atoms. The molecule has 0 heterocycles. The fraction of sp³-hybridized carbons (Fsp3) is 0.250. The van der Waals surface area contributed by atoms with Crippen LogP contribution in [0.4, 0.5) is 0 Å². The number of hydrogen-bond donors (Lipinski definition) is 0. The number of fused-ring (bicyclic) bond motifs is 1. The zero-order chi connectivity index (χ0) is 15.5. The third-order valence-electron chi connectivity index (χ3n) is 2.68. The van der Waals surface area contributed by atoms with Crippen LogP contribution in [0.2, 0.25) is 0 Å². The van der Waals surface area contributed by atoms with Gasteiger partial charge in [-0.2, -0.15) is 0 Å². The first kappa shape index (κ1) is 16.7. The van der Waals surface area contributed by atoms with E-state index in [2.05, 4.69) is 9.47 Å². The van der Waals surface area contributed by atoms with Crippen molar-refractivity contribution in [2.24, 2.45) is 0 Å². The maximum absolute atomic E-state index is 10.5. The van der Waals surface area contributed by atoms with Crippen molar-refractivity contribution in [1.82, 2.24) is 0 Å². The highest BCUT2D eigenvalue weighted by molar-refractivity contribution is 5.89. The van der Waals surface area contributed by atoms with E-state index in [0.29, 0.717) is 25.2 Å². The number of hydrogen-bond acceptors (Lipinski definition) is 5. The van der Waals surface area contributed by atoms with E-state index >= 15 is 0 Å². The first-order valence-electron chi connectivity index (χ1n) is 6.32. The summed E-state index contributed by atoms with van der Waals surface area (Å²) in [5.41, 5.74) is 0.697. The van der Waals surface area contributed by atoms with Crippen LogP contribution in [0, 0.1) is 0 Å². The number of benzene rings is 2. The minimum absolute atomic E-state index is 0.347. The summed E-state index contributed by atoms with van der Waals surface area (Å²) in [5, 5.41) is 2.13. The summed E-state index contributed by atoms with van der Waals surface area (Å²) in [7, 11) is 3.19. The van der Waals surface area contributed by atoms with E-state index in [1.165, 1.54) is 0 Å². The Hall–Kier alpha value is -2.40. The van der Waals surface area contributed by atoms with Crippen molar-refractivity contribution in [3.05, 3.63) is 42.0 Å². The Labute approximate surface area is 123 Å². The van der Waals surface area contributed by atoms with Crippen LogP contribution in [0.25, 0.3) is 10.8 Å². The molecule has 0 saturated heterocycles. The van der Waals surface area contributed by atoms with Crippen LogP contribution in [0.3, 0.4) is 0 Å². The standard InChI is InChI=1S/C12H10O2.C4H8O3/c1-14-12-5-4-10-6-9(8-13)2-3-11(10)7-12;1-6-2-3-7-4-5/h2-8H,1H3;4H,2-3H2,1H3. The molecular weight excluding hydrogens is 272 g/mol. The third kappa shape index (κ3) is 5.62. The van der Waals surface area contributed by atoms with Crippen molar-refractivity contribution in [2.75, 3.05) is 27.4 Å². The van der Waals surface area contributed by atoms with Gasteiger partial charge in [0, 0.05) is 12.7 Å². The lowest BCUT2D eigenvalue weighted by atomic mass is 10.1. The van der Waals surface area contributed by atoms with Crippen molar-refractivity contribution in [3.63, 3.8) is 0 Å². The largest absolute Gasteiger partial charge is 0.497 e. The molecule has 0 aliphatic heterocycles. The van der Waals surface area contributed by atoms with E-state index in [-0.39, 0.29) is 0 Å². The number of ether oxygens (including phenoxy) is 3. The summed E-state index contributed by atoms with van der Waals surface area (Å²) < 4.78 is 13.9. The molecule has 0 atom stereocenters. The quantitative estimate of drug-likeness (QED) is 0.604. The maximum Gasteiger partial charge on any atom is 0.293 e. The Kier molecular flexibility index (Phi) is 7.53. The molecule has 0 aliphatic rings. The van der Waals surface area contributed by atoms with E-state index in [1.54, 1.807) is 20.3 Å². The highest BCUT2D eigenvalue weighted by Gasteiger charge is 1.97. The van der Waals surface area contributed by atoms with Crippen LogP contribution in [-0.2, 0) is 14.3 Å². The number of carbonyl (C=O) groups excluding carboxylic acids is 2. The number of aldehydes is 1. The zero-order valence-corrected chi connectivity index (χ0v) is 12.1. The van der Waals surface area contributed by atoms with E-state index in [0.717, 1.165) is 22.8 Å². The topological polar surface area (TPSA) is 61.8 Å². The SMILES string of the molecule is COCCOC=O.COc1ccc2cc(C=O)ccc2c1. The smallest absolute Gasteiger partial charge is 0.293 e. The second-order valence-corrected chi connectivity index (χ2v) is 4.05. The summed E-state index contributed by atoms with van der Waals surface area (Å²) in [5.74, 6) is 0.830. The molecule has 21 heavy (non-hydrogen) atoms. The van der Waals surface area contributed by atoms with Crippen LogP contribution in [-0.4, -0.2) is 40.2 Å². The molecular formula is C16H18O5. The van der Waals surface area contributed by atoms with Crippen molar-refractivity contribution < 1.29 is 23.8 Å². The first-order chi connectivity index (χ1) is 10.2. The highest BCUT2D eigenvalue weighted by Crippen LogP contribution is 2.21. The summed E-state index contributed by atoms with van der Waals surface area (Å²) >= 11 is 0. The van der Waals surface area contributed by atoms with Crippen LogP contribution in [0.1, 0.15) is 10.4 Å². The molecule has 112 valence electrons. The van der Waals surface area contributed by atoms with Crippen molar-refractivity contribution >= 4 is 23.5 Å². The monoisotopic (exact) mass is 290 g/mol. The predicted molar refractivity (Wildman–Crippen MR) is 79.8 cm³/mol. The summed E-state index contributed by atoms with van der Waals surface area (Å²) in [6, 6.07) is 11.4. The van der Waals surface area contributed by atoms with Gasteiger partial charge in [-0.1, -0.05) is 18.2 Å². The fourth-order valence-corrected chi connectivity index (χ4v) is 1.62. The molecule has 0 unspecified atom stereocenters. The van der Waals surface area contributed by atoms with E-state index in [9.17, 15) is 9.59 Å². The second kappa shape index (κ2) is 9.50. The Balaban J connectivity index is 0.000000270. The van der Waals surface area contributed by atoms with Crippen molar-refractivity contribution in [2.45, 2.75) is 0 Å². The van der Waals surface area contributed by atoms with Gasteiger partial charge in [-0.15, -0.1) is 0 Å². The molecule has 2 rings (SSSR count). The van der Waals surface area contributed by atoms with Gasteiger partial charge < -0.3 is 14.2 Å². The minimum atomic E-state index is 0.347. The van der Waals surface area contributed by atoms with Gasteiger partial charge >= 0.3 is 0 Å². The normalized spacial score (nSPS) is 9.43. The molecule has 0 radical (unpaired) electrons.